The van der Waals surface area contributed by atoms with Crippen LogP contribution in [0.3, 0.4) is 0 Å². The van der Waals surface area contributed by atoms with Crippen molar-refractivity contribution < 1.29 is 4.42 Å². The lowest BCUT2D eigenvalue weighted by Gasteiger charge is -2.18. The highest BCUT2D eigenvalue weighted by atomic mass is 16.4. The summed E-state index contributed by atoms with van der Waals surface area (Å²) in [6.45, 7) is 6.67. The molecule has 2 rings (SSSR count). The van der Waals surface area contributed by atoms with Crippen molar-refractivity contribution in [1.82, 2.24) is 20.5 Å². The van der Waals surface area contributed by atoms with Gasteiger partial charge in [-0.25, -0.2) is 0 Å². The molecule has 6 heteroatoms. The van der Waals surface area contributed by atoms with Crippen LogP contribution in [0.2, 0.25) is 0 Å². The summed E-state index contributed by atoms with van der Waals surface area (Å²) in [4.78, 5) is 13.7. The van der Waals surface area contributed by atoms with E-state index in [0.717, 1.165) is 0 Å². The van der Waals surface area contributed by atoms with Crippen molar-refractivity contribution in [2.75, 3.05) is 0 Å². The Balaban J connectivity index is 2.13. The molecule has 0 aliphatic carbocycles. The Morgan fingerprint density at radius 3 is 2.83 bits per heavy atom. The summed E-state index contributed by atoms with van der Waals surface area (Å²) in [6, 6.07) is 3.14. The monoisotopic (exact) mass is 248 g/mol. The molecule has 0 fully saturated rings. The van der Waals surface area contributed by atoms with Gasteiger partial charge in [0, 0.05) is 23.4 Å². The van der Waals surface area contributed by atoms with E-state index < -0.39 is 0 Å². The summed E-state index contributed by atoms with van der Waals surface area (Å²) in [5.74, 6) is 0.854. The molecule has 0 saturated heterocycles. The minimum atomic E-state index is -0.194. The normalized spacial score (nSPS) is 11.7. The van der Waals surface area contributed by atoms with Crippen molar-refractivity contribution in [2.45, 2.75) is 32.9 Å². The third-order valence-corrected chi connectivity index (χ3v) is 2.26. The van der Waals surface area contributed by atoms with Crippen LogP contribution in [0.5, 0.6) is 0 Å². The van der Waals surface area contributed by atoms with Crippen LogP contribution < -0.4 is 10.9 Å². The first-order valence-corrected chi connectivity index (χ1v) is 5.70. The average Bonchev–Trinajstić information content (AvgIpc) is 2.74. The van der Waals surface area contributed by atoms with Gasteiger partial charge in [0.25, 0.3) is 0 Å². The molecule has 2 aromatic heterocycles. The molecule has 0 aromatic carbocycles. The van der Waals surface area contributed by atoms with Crippen molar-refractivity contribution in [1.29, 1.82) is 0 Å². The number of pyridine rings is 1. The number of nitrogens with one attached hydrogen (secondary N) is 2. The Kier molecular flexibility index (Phi) is 3.29. The Labute approximate surface area is 104 Å². The van der Waals surface area contributed by atoms with Crippen LogP contribution in [0.4, 0.5) is 0 Å². The minimum Gasteiger partial charge on any atom is -0.419 e. The van der Waals surface area contributed by atoms with Gasteiger partial charge in [0.05, 0.1) is 6.54 Å². The zero-order valence-corrected chi connectivity index (χ0v) is 10.7. The highest BCUT2D eigenvalue weighted by Crippen LogP contribution is 2.15. The molecule has 2 heterocycles. The predicted molar refractivity (Wildman–Crippen MR) is 66.9 cm³/mol. The van der Waals surface area contributed by atoms with Crippen molar-refractivity contribution >= 4 is 0 Å². The molecule has 0 spiro atoms. The van der Waals surface area contributed by atoms with Crippen LogP contribution in [0.1, 0.15) is 26.7 Å². The first kappa shape index (κ1) is 12.5. The number of aromatic nitrogens is 3. The zero-order valence-electron chi connectivity index (χ0n) is 10.7. The van der Waals surface area contributed by atoms with E-state index in [2.05, 4.69) is 41.3 Å². The van der Waals surface area contributed by atoms with Gasteiger partial charge in [-0.05, 0) is 26.8 Å². The lowest BCUT2D eigenvalue weighted by Crippen LogP contribution is -2.35. The first-order valence-electron chi connectivity index (χ1n) is 5.70. The number of hydrogen-bond donors (Lipinski definition) is 2. The predicted octanol–water partition coefficient (Wildman–Crippen LogP) is 1.31. The molecule has 0 atom stereocenters. The van der Waals surface area contributed by atoms with E-state index in [4.69, 9.17) is 4.42 Å². The molecule has 6 nitrogen and oxygen atoms in total. The van der Waals surface area contributed by atoms with Gasteiger partial charge in [-0.2, -0.15) is 0 Å². The van der Waals surface area contributed by atoms with E-state index in [9.17, 15) is 4.79 Å². The topological polar surface area (TPSA) is 83.8 Å². The molecule has 0 unspecified atom stereocenters. The van der Waals surface area contributed by atoms with Crippen LogP contribution in [0.15, 0.2) is 27.5 Å². The van der Waals surface area contributed by atoms with Crippen molar-refractivity contribution in [3.63, 3.8) is 0 Å². The molecule has 0 radical (unpaired) electrons. The quantitative estimate of drug-likeness (QED) is 0.855. The van der Waals surface area contributed by atoms with Crippen LogP contribution in [-0.2, 0) is 6.54 Å². The van der Waals surface area contributed by atoms with Crippen LogP contribution >= 0.6 is 0 Å². The maximum Gasteiger partial charge on any atom is 0.248 e. The van der Waals surface area contributed by atoms with E-state index in [1.54, 1.807) is 12.3 Å². The maximum atomic E-state index is 11.2. The maximum absolute atomic E-state index is 11.2. The highest BCUT2D eigenvalue weighted by Gasteiger charge is 2.13. The highest BCUT2D eigenvalue weighted by molar-refractivity contribution is 5.50. The minimum absolute atomic E-state index is 0.0153. The summed E-state index contributed by atoms with van der Waals surface area (Å²) in [5, 5.41) is 11.1. The van der Waals surface area contributed by atoms with Crippen LogP contribution in [0, 0.1) is 0 Å². The fraction of sp³-hybridized carbons (Fsp3) is 0.417. The largest absolute Gasteiger partial charge is 0.419 e. The summed E-state index contributed by atoms with van der Waals surface area (Å²) < 4.78 is 5.48. The first-order chi connectivity index (χ1) is 8.44. The lowest BCUT2D eigenvalue weighted by molar-refractivity contribution is 0.383. The summed E-state index contributed by atoms with van der Waals surface area (Å²) >= 11 is 0. The van der Waals surface area contributed by atoms with Gasteiger partial charge in [-0.15, -0.1) is 10.2 Å². The number of hydrogen-bond acceptors (Lipinski definition) is 5. The van der Waals surface area contributed by atoms with Gasteiger partial charge in [0.15, 0.2) is 0 Å². The van der Waals surface area contributed by atoms with Gasteiger partial charge >= 0.3 is 0 Å². The van der Waals surface area contributed by atoms with Gasteiger partial charge in [0.2, 0.25) is 17.3 Å². The van der Waals surface area contributed by atoms with Gasteiger partial charge < -0.3 is 14.7 Å². The van der Waals surface area contributed by atoms with E-state index in [0.29, 0.717) is 23.9 Å². The molecule has 18 heavy (non-hydrogen) atoms. The second-order valence-corrected chi connectivity index (χ2v) is 5.05. The Morgan fingerprint density at radius 2 is 2.17 bits per heavy atom. The lowest BCUT2D eigenvalue weighted by atomic mass is 10.1. The smallest absolute Gasteiger partial charge is 0.248 e. The number of H-pyrrole nitrogens is 1. The fourth-order valence-electron chi connectivity index (χ4n) is 1.36. The molecule has 0 aliphatic heterocycles. The van der Waals surface area contributed by atoms with Crippen molar-refractivity contribution in [3.05, 3.63) is 34.6 Å². The summed E-state index contributed by atoms with van der Waals surface area (Å²) in [5.41, 5.74) is 0.409. The molecule has 0 amide bonds. The van der Waals surface area contributed by atoms with Crippen molar-refractivity contribution in [3.8, 4) is 11.5 Å². The Morgan fingerprint density at radius 1 is 1.39 bits per heavy atom. The summed E-state index contributed by atoms with van der Waals surface area (Å²) in [6.07, 6.45) is 1.55. The van der Waals surface area contributed by atoms with E-state index in [1.165, 1.54) is 6.07 Å². The molecule has 0 saturated carbocycles. The number of rotatable bonds is 3. The van der Waals surface area contributed by atoms with E-state index >= 15 is 0 Å². The molecule has 96 valence electrons. The van der Waals surface area contributed by atoms with Crippen LogP contribution in [-0.4, -0.2) is 20.7 Å². The second-order valence-electron chi connectivity index (χ2n) is 5.05. The fourth-order valence-corrected chi connectivity index (χ4v) is 1.36. The molecule has 0 bridgehead atoms. The molecule has 2 N–H and O–H groups in total. The zero-order chi connectivity index (χ0) is 13.2. The Bertz CT molecular complexity index is 580. The number of nitrogens with zero attached hydrogens (tertiary/aromatic N) is 2. The Hall–Kier alpha value is -1.95. The van der Waals surface area contributed by atoms with Crippen LogP contribution in [0.25, 0.3) is 11.5 Å². The van der Waals surface area contributed by atoms with Crippen molar-refractivity contribution in [2.24, 2.45) is 0 Å². The standard InChI is InChI=1S/C12H16N4O2/c1-12(2,3)14-7-10-15-16-11(18-10)8-4-5-13-9(17)6-8/h4-6,14H,7H2,1-3H3,(H,13,17). The summed E-state index contributed by atoms with van der Waals surface area (Å²) in [7, 11) is 0. The molecular weight excluding hydrogens is 232 g/mol. The molecule has 0 aliphatic rings. The second kappa shape index (κ2) is 4.73. The average molecular weight is 248 g/mol. The third-order valence-electron chi connectivity index (χ3n) is 2.26. The van der Waals surface area contributed by atoms with Gasteiger partial charge in [0.1, 0.15) is 0 Å². The number of aromatic amines is 1. The van der Waals surface area contributed by atoms with E-state index in [1.807, 2.05) is 0 Å². The molecular formula is C12H16N4O2. The van der Waals surface area contributed by atoms with Gasteiger partial charge in [-0.3, -0.25) is 4.79 Å². The van der Waals surface area contributed by atoms with Gasteiger partial charge in [-0.1, -0.05) is 0 Å². The molecule has 2 aromatic rings. The third kappa shape index (κ3) is 3.27. The SMILES string of the molecule is CC(C)(C)NCc1nnc(-c2cc[nH]c(=O)c2)o1. The van der Waals surface area contributed by atoms with E-state index in [-0.39, 0.29) is 11.1 Å².